The highest BCUT2D eigenvalue weighted by atomic mass is 16.3. The van der Waals surface area contributed by atoms with Gasteiger partial charge in [-0.15, -0.1) is 0 Å². The van der Waals surface area contributed by atoms with Gasteiger partial charge in [-0.1, -0.05) is 30.3 Å². The van der Waals surface area contributed by atoms with Crippen LogP contribution in [0.15, 0.2) is 60.7 Å². The summed E-state index contributed by atoms with van der Waals surface area (Å²) in [6.45, 7) is 1.93. The Kier molecular flexibility index (Phi) is 3.96. The molecule has 0 atom stereocenters. The predicted molar refractivity (Wildman–Crippen MR) is 93.9 cm³/mol. The smallest absolute Gasteiger partial charge is 0.249 e. The first-order chi connectivity index (χ1) is 11.5. The second kappa shape index (κ2) is 6.08. The van der Waals surface area contributed by atoms with Gasteiger partial charge in [0.1, 0.15) is 11.5 Å². The van der Waals surface area contributed by atoms with Crippen molar-refractivity contribution >= 4 is 5.91 Å². The third-order valence-corrected chi connectivity index (χ3v) is 4.06. The van der Waals surface area contributed by atoms with Crippen LogP contribution in [0.3, 0.4) is 0 Å². The summed E-state index contributed by atoms with van der Waals surface area (Å²) in [5, 5.41) is 19.0. The maximum absolute atomic E-state index is 11.8. The van der Waals surface area contributed by atoms with Crippen LogP contribution in [0.2, 0.25) is 0 Å². The molecule has 24 heavy (non-hydrogen) atoms. The lowest BCUT2D eigenvalue weighted by molar-refractivity contribution is 0.100. The molecule has 0 saturated heterocycles. The summed E-state index contributed by atoms with van der Waals surface area (Å²) < 4.78 is 0. The Hall–Kier alpha value is -3.27. The first-order valence-corrected chi connectivity index (χ1v) is 7.49. The van der Waals surface area contributed by atoms with Crippen molar-refractivity contribution in [1.29, 1.82) is 0 Å². The largest absolute Gasteiger partial charge is 0.508 e. The second-order valence-electron chi connectivity index (χ2n) is 5.62. The number of benzene rings is 3. The summed E-state index contributed by atoms with van der Waals surface area (Å²) in [5.74, 6) is -0.144. The SMILES string of the molecule is Cc1c(-c2ccc(O)cc2)ccc(C(N)=O)c1-c1ccc(O)cc1. The zero-order valence-corrected chi connectivity index (χ0v) is 13.2. The molecule has 0 aliphatic rings. The summed E-state index contributed by atoms with van der Waals surface area (Å²) in [6.07, 6.45) is 0. The topological polar surface area (TPSA) is 83.5 Å². The highest BCUT2D eigenvalue weighted by Crippen LogP contribution is 2.35. The van der Waals surface area contributed by atoms with E-state index in [4.69, 9.17) is 5.73 Å². The summed E-state index contributed by atoms with van der Waals surface area (Å²) in [5.41, 5.74) is 10.3. The van der Waals surface area contributed by atoms with E-state index < -0.39 is 5.91 Å². The number of nitrogens with two attached hydrogens (primary N) is 1. The summed E-state index contributed by atoms with van der Waals surface area (Å²) in [6, 6.07) is 17.1. The number of rotatable bonds is 3. The minimum absolute atomic E-state index is 0.159. The maximum Gasteiger partial charge on any atom is 0.249 e. The average molecular weight is 319 g/mol. The number of amides is 1. The Morgan fingerprint density at radius 2 is 1.29 bits per heavy atom. The molecule has 0 aliphatic carbocycles. The molecule has 4 heteroatoms. The molecular formula is C20H17NO3. The fourth-order valence-corrected chi connectivity index (χ4v) is 2.87. The van der Waals surface area contributed by atoms with Crippen molar-refractivity contribution in [2.75, 3.05) is 0 Å². The lowest BCUT2D eigenvalue weighted by Gasteiger charge is -2.16. The highest BCUT2D eigenvalue weighted by molar-refractivity contribution is 6.02. The van der Waals surface area contributed by atoms with E-state index in [9.17, 15) is 15.0 Å². The Morgan fingerprint density at radius 1 is 0.792 bits per heavy atom. The van der Waals surface area contributed by atoms with Crippen molar-refractivity contribution in [2.45, 2.75) is 6.92 Å². The van der Waals surface area contributed by atoms with E-state index in [1.54, 1.807) is 42.5 Å². The number of hydrogen-bond acceptors (Lipinski definition) is 3. The molecule has 120 valence electrons. The van der Waals surface area contributed by atoms with Crippen LogP contribution in [0.4, 0.5) is 0 Å². The van der Waals surface area contributed by atoms with Gasteiger partial charge < -0.3 is 15.9 Å². The van der Waals surface area contributed by atoms with E-state index in [1.165, 1.54) is 0 Å². The van der Waals surface area contributed by atoms with E-state index in [1.807, 2.05) is 25.1 Å². The number of carbonyl (C=O) groups excluding carboxylic acids is 1. The third-order valence-electron chi connectivity index (χ3n) is 4.06. The molecule has 3 aromatic rings. The number of hydrogen-bond donors (Lipinski definition) is 3. The number of aromatic hydroxyl groups is 2. The molecule has 0 aliphatic heterocycles. The van der Waals surface area contributed by atoms with Gasteiger partial charge >= 0.3 is 0 Å². The van der Waals surface area contributed by atoms with E-state index in [0.717, 1.165) is 27.8 Å². The quantitative estimate of drug-likeness (QED) is 0.686. The molecule has 4 nitrogen and oxygen atoms in total. The molecule has 3 rings (SSSR count). The van der Waals surface area contributed by atoms with Crippen LogP contribution < -0.4 is 5.73 Å². The zero-order valence-electron chi connectivity index (χ0n) is 13.2. The van der Waals surface area contributed by atoms with Crippen LogP contribution in [0.1, 0.15) is 15.9 Å². The Balaban J connectivity index is 2.24. The number of phenols is 2. The fourth-order valence-electron chi connectivity index (χ4n) is 2.87. The van der Waals surface area contributed by atoms with Gasteiger partial charge in [0.05, 0.1) is 0 Å². The van der Waals surface area contributed by atoms with Crippen LogP contribution >= 0.6 is 0 Å². The van der Waals surface area contributed by atoms with Gasteiger partial charge in [-0.05, 0) is 65.1 Å². The molecule has 0 unspecified atom stereocenters. The molecule has 0 bridgehead atoms. The van der Waals surface area contributed by atoms with Crippen LogP contribution in [0.5, 0.6) is 11.5 Å². The number of phenolic OH excluding ortho intramolecular Hbond substituents is 2. The first-order valence-electron chi connectivity index (χ1n) is 7.49. The summed E-state index contributed by atoms with van der Waals surface area (Å²) in [7, 11) is 0. The van der Waals surface area contributed by atoms with Gasteiger partial charge in [-0.25, -0.2) is 0 Å². The molecule has 4 N–H and O–H groups in total. The minimum atomic E-state index is -0.501. The highest BCUT2D eigenvalue weighted by Gasteiger charge is 2.16. The lowest BCUT2D eigenvalue weighted by atomic mass is 9.88. The van der Waals surface area contributed by atoms with E-state index in [0.29, 0.717) is 5.56 Å². The van der Waals surface area contributed by atoms with Crippen LogP contribution in [0, 0.1) is 6.92 Å². The van der Waals surface area contributed by atoms with Crippen LogP contribution in [0.25, 0.3) is 22.3 Å². The molecular weight excluding hydrogens is 302 g/mol. The van der Waals surface area contributed by atoms with Gasteiger partial charge in [-0.3, -0.25) is 4.79 Å². The average Bonchev–Trinajstić information content (AvgIpc) is 2.56. The number of primary amides is 1. The van der Waals surface area contributed by atoms with Crippen molar-refractivity contribution in [2.24, 2.45) is 5.73 Å². The molecule has 3 aromatic carbocycles. The number of carbonyl (C=O) groups is 1. The molecule has 0 aromatic heterocycles. The standard InChI is InChI=1S/C20H17NO3/c1-12-17(13-2-6-15(22)7-3-13)10-11-18(20(21)24)19(12)14-4-8-16(23)9-5-14/h2-11,22-23H,1H3,(H2,21,24). The maximum atomic E-state index is 11.8. The summed E-state index contributed by atoms with van der Waals surface area (Å²) >= 11 is 0. The van der Waals surface area contributed by atoms with Crippen molar-refractivity contribution in [3.8, 4) is 33.8 Å². The molecule has 1 amide bonds. The summed E-state index contributed by atoms with van der Waals surface area (Å²) in [4.78, 5) is 11.8. The van der Waals surface area contributed by atoms with Gasteiger partial charge in [0, 0.05) is 5.56 Å². The Morgan fingerprint density at radius 3 is 1.79 bits per heavy atom. The fraction of sp³-hybridized carbons (Fsp3) is 0.0500. The van der Waals surface area contributed by atoms with Gasteiger partial charge in [-0.2, -0.15) is 0 Å². The van der Waals surface area contributed by atoms with Crippen molar-refractivity contribution in [3.63, 3.8) is 0 Å². The van der Waals surface area contributed by atoms with Gasteiger partial charge in [0.15, 0.2) is 0 Å². The monoisotopic (exact) mass is 319 g/mol. The third kappa shape index (κ3) is 2.82. The molecule has 0 spiro atoms. The lowest BCUT2D eigenvalue weighted by Crippen LogP contribution is -2.13. The van der Waals surface area contributed by atoms with Gasteiger partial charge in [0.25, 0.3) is 0 Å². The van der Waals surface area contributed by atoms with E-state index in [2.05, 4.69) is 0 Å². The zero-order chi connectivity index (χ0) is 17.3. The van der Waals surface area contributed by atoms with Crippen molar-refractivity contribution < 1.29 is 15.0 Å². The predicted octanol–water partition coefficient (Wildman–Crippen LogP) is 3.84. The molecule has 0 heterocycles. The Bertz CT molecular complexity index is 897. The van der Waals surface area contributed by atoms with Crippen LogP contribution in [-0.4, -0.2) is 16.1 Å². The molecule has 0 radical (unpaired) electrons. The van der Waals surface area contributed by atoms with E-state index in [-0.39, 0.29) is 11.5 Å². The van der Waals surface area contributed by atoms with Crippen LogP contribution in [-0.2, 0) is 0 Å². The van der Waals surface area contributed by atoms with Gasteiger partial charge in [0.2, 0.25) is 5.91 Å². The minimum Gasteiger partial charge on any atom is -0.508 e. The van der Waals surface area contributed by atoms with E-state index >= 15 is 0 Å². The molecule has 0 fully saturated rings. The second-order valence-corrected chi connectivity index (χ2v) is 5.62. The van der Waals surface area contributed by atoms with Crippen molar-refractivity contribution in [1.82, 2.24) is 0 Å². The van der Waals surface area contributed by atoms with Crippen molar-refractivity contribution in [3.05, 3.63) is 71.8 Å². The Labute approximate surface area is 139 Å². The molecule has 0 saturated carbocycles. The normalized spacial score (nSPS) is 10.5. The first kappa shape index (κ1) is 15.6.